The second-order valence-electron chi connectivity index (χ2n) is 1.20. The van der Waals surface area contributed by atoms with Gasteiger partial charge < -0.3 is 4.74 Å². The molecule has 0 saturated heterocycles. The number of nitrogens with zero attached hydrogens (tertiary/aromatic N) is 1. The lowest BCUT2D eigenvalue weighted by atomic mass is 11.0. The second-order valence-corrected chi connectivity index (χ2v) is 1.20. The average molecular weight is 141 g/mol. The number of ether oxygens (including phenoxy) is 2. The second kappa shape index (κ2) is 2.22. The van der Waals surface area contributed by atoms with Gasteiger partial charge in [0, 0.05) is 0 Å². The lowest BCUT2D eigenvalue weighted by Crippen LogP contribution is -2.24. The van der Waals surface area contributed by atoms with Crippen LogP contribution in [0.3, 0.4) is 0 Å². The van der Waals surface area contributed by atoms with Crippen LogP contribution >= 0.6 is 0 Å². The molecule has 0 amide bonds. The van der Waals surface area contributed by atoms with E-state index in [4.69, 9.17) is 0 Å². The number of rotatable bonds is 0. The first-order chi connectivity index (χ1) is 4.18. The summed E-state index contributed by atoms with van der Waals surface area (Å²) < 4.78 is 42.1. The number of hydrogen-bond donors (Lipinski definition) is 0. The van der Waals surface area contributed by atoms with Crippen molar-refractivity contribution in [3.05, 3.63) is 0 Å². The van der Waals surface area contributed by atoms with Crippen LogP contribution in [0, 0.1) is 0 Å². The molecule has 0 spiro atoms. The van der Waals surface area contributed by atoms with E-state index in [0.29, 0.717) is 0 Å². The first-order valence-corrected chi connectivity index (χ1v) is 2.02. The van der Waals surface area contributed by atoms with Crippen molar-refractivity contribution < 1.29 is 22.6 Å². The largest absolute Gasteiger partial charge is 0.397 e. The van der Waals surface area contributed by atoms with Gasteiger partial charge in [-0.15, -0.1) is 4.39 Å². The van der Waals surface area contributed by atoms with E-state index in [9.17, 15) is 13.2 Å². The summed E-state index contributed by atoms with van der Waals surface area (Å²) in [5.74, 6) is 0. The minimum absolute atomic E-state index is 1.54. The van der Waals surface area contributed by atoms with Crippen molar-refractivity contribution in [2.24, 2.45) is 4.99 Å². The molecule has 0 aliphatic carbocycles. The molecule has 0 saturated carbocycles. The van der Waals surface area contributed by atoms with E-state index in [-0.39, 0.29) is 0 Å². The molecule has 1 rings (SSSR count). The van der Waals surface area contributed by atoms with E-state index < -0.39 is 19.2 Å². The van der Waals surface area contributed by atoms with Crippen molar-refractivity contribution in [1.29, 1.82) is 0 Å². The molecule has 6 heteroatoms. The fourth-order valence-corrected chi connectivity index (χ4v) is 0.333. The van der Waals surface area contributed by atoms with Crippen LogP contribution in [0.2, 0.25) is 0 Å². The minimum atomic E-state index is -2.39. The van der Waals surface area contributed by atoms with Gasteiger partial charge in [0.2, 0.25) is 0 Å². The Morgan fingerprint density at radius 2 is 2.11 bits per heavy atom. The van der Waals surface area contributed by atoms with Gasteiger partial charge in [-0.3, -0.25) is 4.74 Å². The number of alkyl halides is 2. The van der Waals surface area contributed by atoms with E-state index in [0.717, 1.165) is 0 Å². The average Bonchev–Trinajstić information content (AvgIpc) is 1.59. The molecular weight excluding hydrogens is 139 g/mol. The molecule has 0 aromatic carbocycles. The van der Waals surface area contributed by atoms with Crippen LogP contribution in [0.15, 0.2) is 4.99 Å². The fraction of sp³-hybridized carbons (Fsp3) is 0.667. The van der Waals surface area contributed by atoms with Crippen molar-refractivity contribution in [2.45, 2.75) is 13.0 Å². The maximum Gasteiger partial charge on any atom is 0.380 e. The highest BCUT2D eigenvalue weighted by Gasteiger charge is 2.23. The molecule has 0 bridgehead atoms. The van der Waals surface area contributed by atoms with Gasteiger partial charge in [0.1, 0.15) is 0 Å². The Balaban J connectivity index is 2.56. The molecule has 52 valence electrons. The summed E-state index contributed by atoms with van der Waals surface area (Å²) in [6.45, 7) is -4.69. The summed E-state index contributed by atoms with van der Waals surface area (Å²) in [6.07, 6.45) is -1.54. The van der Waals surface area contributed by atoms with Crippen molar-refractivity contribution in [3.63, 3.8) is 0 Å². The predicted octanol–water partition coefficient (Wildman–Crippen LogP) is 0.865. The molecule has 0 aromatic rings. The minimum Gasteiger partial charge on any atom is -0.397 e. The Kier molecular flexibility index (Phi) is 1.56. The van der Waals surface area contributed by atoms with Crippen LogP contribution in [0.1, 0.15) is 0 Å². The zero-order chi connectivity index (χ0) is 6.85. The molecule has 0 aromatic heterocycles. The smallest absolute Gasteiger partial charge is 0.380 e. The maximum absolute atomic E-state index is 11.7. The van der Waals surface area contributed by atoms with E-state index >= 15 is 0 Å². The Morgan fingerprint density at radius 3 is 2.56 bits per heavy atom. The van der Waals surface area contributed by atoms with Crippen molar-refractivity contribution in [1.82, 2.24) is 0 Å². The molecule has 9 heavy (non-hydrogen) atoms. The van der Waals surface area contributed by atoms with Crippen LogP contribution in [0.4, 0.5) is 13.2 Å². The van der Waals surface area contributed by atoms with E-state index in [1.807, 2.05) is 0 Å². The fourth-order valence-electron chi connectivity index (χ4n) is 0.333. The highest BCUT2D eigenvalue weighted by Crippen LogP contribution is 2.12. The van der Waals surface area contributed by atoms with E-state index in [2.05, 4.69) is 14.5 Å². The third kappa shape index (κ3) is 1.56. The van der Waals surface area contributed by atoms with Gasteiger partial charge in [0.25, 0.3) is 0 Å². The molecule has 1 aliphatic heterocycles. The molecule has 3 nitrogen and oxygen atoms in total. The Hall–Kier alpha value is -0.780. The Labute approximate surface area is 48.1 Å². The number of halogens is 3. The summed E-state index contributed by atoms with van der Waals surface area (Å²) in [7, 11) is 0. The summed E-state index contributed by atoms with van der Waals surface area (Å²) >= 11 is 0. The highest BCUT2D eigenvalue weighted by atomic mass is 19.2. The standard InChI is InChI=1S/C3H2F3NO2/c4-1-7-2(5)9-3(6)8-1/h1,3H. The molecule has 0 radical (unpaired) electrons. The van der Waals surface area contributed by atoms with Crippen LogP contribution in [0.5, 0.6) is 0 Å². The van der Waals surface area contributed by atoms with Crippen molar-refractivity contribution >= 4 is 6.15 Å². The molecular formula is C3H2F3NO2. The first kappa shape index (κ1) is 6.34. The summed E-state index contributed by atoms with van der Waals surface area (Å²) in [5.41, 5.74) is 0. The summed E-state index contributed by atoms with van der Waals surface area (Å²) in [6, 6.07) is 0. The molecule has 1 heterocycles. The predicted molar refractivity (Wildman–Crippen MR) is 20.5 cm³/mol. The van der Waals surface area contributed by atoms with Crippen LogP contribution < -0.4 is 0 Å². The van der Waals surface area contributed by atoms with Gasteiger partial charge >= 0.3 is 19.2 Å². The first-order valence-electron chi connectivity index (χ1n) is 2.02. The zero-order valence-corrected chi connectivity index (χ0v) is 4.05. The molecule has 0 fully saturated rings. The van der Waals surface area contributed by atoms with Crippen molar-refractivity contribution in [3.8, 4) is 0 Å². The van der Waals surface area contributed by atoms with E-state index in [1.165, 1.54) is 0 Å². The third-order valence-electron chi connectivity index (χ3n) is 0.612. The Morgan fingerprint density at radius 1 is 1.44 bits per heavy atom. The van der Waals surface area contributed by atoms with Crippen LogP contribution in [0.25, 0.3) is 0 Å². The zero-order valence-electron chi connectivity index (χ0n) is 4.05. The van der Waals surface area contributed by atoms with Gasteiger partial charge in [0.05, 0.1) is 0 Å². The van der Waals surface area contributed by atoms with Crippen molar-refractivity contribution in [2.75, 3.05) is 0 Å². The topological polar surface area (TPSA) is 30.8 Å². The molecule has 2 unspecified atom stereocenters. The highest BCUT2D eigenvalue weighted by molar-refractivity contribution is 5.65. The summed E-state index contributed by atoms with van der Waals surface area (Å²) in [4.78, 5) is 2.43. The summed E-state index contributed by atoms with van der Waals surface area (Å²) in [5, 5.41) is 0. The third-order valence-corrected chi connectivity index (χ3v) is 0.612. The SMILES string of the molecule is FC1=NC(F)OC(F)O1. The number of aliphatic imine (C=N–C) groups is 1. The lowest BCUT2D eigenvalue weighted by Gasteiger charge is -2.14. The molecule has 0 N–H and O–H groups in total. The number of hydrogen-bond acceptors (Lipinski definition) is 3. The Bertz CT molecular complexity index is 139. The van der Waals surface area contributed by atoms with E-state index in [1.54, 1.807) is 0 Å². The van der Waals surface area contributed by atoms with Gasteiger partial charge in [-0.2, -0.15) is 13.8 Å². The van der Waals surface area contributed by atoms with Crippen LogP contribution in [-0.4, -0.2) is 19.2 Å². The maximum atomic E-state index is 11.7. The van der Waals surface area contributed by atoms with Gasteiger partial charge in [-0.05, 0) is 0 Å². The molecule has 2 atom stereocenters. The van der Waals surface area contributed by atoms with Gasteiger partial charge in [-0.1, -0.05) is 0 Å². The van der Waals surface area contributed by atoms with Crippen LogP contribution in [-0.2, 0) is 9.47 Å². The normalized spacial score (nSPS) is 35.2. The quantitative estimate of drug-likeness (QED) is 0.468. The monoisotopic (exact) mass is 141 g/mol. The van der Waals surface area contributed by atoms with Gasteiger partial charge in [0.15, 0.2) is 0 Å². The molecule has 1 aliphatic rings. The lowest BCUT2D eigenvalue weighted by molar-refractivity contribution is -0.248. The van der Waals surface area contributed by atoms with Gasteiger partial charge in [-0.25, -0.2) is 0 Å².